The molecule has 1 aliphatic rings. The smallest absolute Gasteiger partial charge is 0.547 e. The SMILES string of the molecule is CCCCCCCCCCCCO[C@@H]1O[C@H](C(=O)[O-])[C@@H](O)[C@H](O)[C@H]1O.[Na+]. The minimum atomic E-state index is -1.74. The first-order valence-electron chi connectivity index (χ1n) is 9.51. The van der Waals surface area contributed by atoms with Gasteiger partial charge in [-0.1, -0.05) is 64.7 Å². The molecule has 3 N–H and O–H groups in total. The molecule has 1 fully saturated rings. The van der Waals surface area contributed by atoms with Crippen LogP contribution in [-0.4, -0.2) is 58.6 Å². The van der Waals surface area contributed by atoms with Gasteiger partial charge in [-0.05, 0) is 6.42 Å². The molecule has 1 saturated heterocycles. The van der Waals surface area contributed by atoms with Crippen LogP contribution in [0.15, 0.2) is 0 Å². The zero-order chi connectivity index (χ0) is 18.7. The summed E-state index contributed by atoms with van der Waals surface area (Å²) in [5.41, 5.74) is 0. The molecule has 0 saturated carbocycles. The molecular weight excluding hydrogens is 351 g/mol. The summed E-state index contributed by atoms with van der Waals surface area (Å²) in [4.78, 5) is 10.9. The summed E-state index contributed by atoms with van der Waals surface area (Å²) >= 11 is 0. The molecule has 1 aliphatic heterocycles. The third-order valence-corrected chi connectivity index (χ3v) is 4.58. The maximum atomic E-state index is 10.9. The molecule has 0 amide bonds. The molecule has 0 unspecified atom stereocenters. The van der Waals surface area contributed by atoms with E-state index in [1.807, 2.05) is 0 Å². The van der Waals surface area contributed by atoms with E-state index < -0.39 is 36.7 Å². The standard InChI is InChI=1S/C18H34O7.Na/c1-2-3-4-5-6-7-8-9-10-11-12-24-18-15(21)13(19)14(20)16(25-18)17(22)23;/h13-16,18-21H,2-12H2,1H3,(H,22,23);/q;+1/p-1/t13-,14-,15+,16-,18+;/m0./s1. The Balaban J connectivity index is 0.00000625. The molecule has 0 aromatic heterocycles. The second-order valence-corrected chi connectivity index (χ2v) is 6.77. The summed E-state index contributed by atoms with van der Waals surface area (Å²) in [5, 5.41) is 39.9. The topological polar surface area (TPSA) is 119 Å². The van der Waals surface area contributed by atoms with Crippen molar-refractivity contribution in [2.24, 2.45) is 0 Å². The van der Waals surface area contributed by atoms with Crippen molar-refractivity contribution in [2.75, 3.05) is 6.61 Å². The van der Waals surface area contributed by atoms with E-state index in [1.54, 1.807) is 0 Å². The van der Waals surface area contributed by atoms with Gasteiger partial charge in [0.05, 0.1) is 5.97 Å². The third-order valence-electron chi connectivity index (χ3n) is 4.58. The molecule has 0 radical (unpaired) electrons. The van der Waals surface area contributed by atoms with Crippen LogP contribution in [0.1, 0.15) is 71.1 Å². The average molecular weight is 384 g/mol. The zero-order valence-corrected chi connectivity index (χ0v) is 18.1. The van der Waals surface area contributed by atoms with Gasteiger partial charge >= 0.3 is 29.6 Å². The van der Waals surface area contributed by atoms with Gasteiger partial charge in [0.25, 0.3) is 0 Å². The van der Waals surface area contributed by atoms with Gasteiger partial charge in [0.1, 0.15) is 24.4 Å². The second kappa shape index (κ2) is 15.2. The largest absolute Gasteiger partial charge is 1.00 e. The monoisotopic (exact) mass is 384 g/mol. The first-order chi connectivity index (χ1) is 12.0. The van der Waals surface area contributed by atoms with Crippen LogP contribution < -0.4 is 34.7 Å². The van der Waals surface area contributed by atoms with E-state index in [0.29, 0.717) is 6.61 Å². The summed E-state index contributed by atoms with van der Waals surface area (Å²) in [6.07, 6.45) is 3.90. The Morgan fingerprint density at radius 1 is 0.885 bits per heavy atom. The van der Waals surface area contributed by atoms with Crippen molar-refractivity contribution in [3.05, 3.63) is 0 Å². The van der Waals surface area contributed by atoms with Crippen LogP contribution in [0.3, 0.4) is 0 Å². The van der Waals surface area contributed by atoms with Crippen LogP contribution in [-0.2, 0) is 14.3 Å². The molecule has 1 rings (SSSR count). The molecule has 1 heterocycles. The quantitative estimate of drug-likeness (QED) is 0.237. The summed E-state index contributed by atoms with van der Waals surface area (Å²) in [6, 6.07) is 0. The maximum Gasteiger partial charge on any atom is 1.00 e. The molecule has 0 bridgehead atoms. The first kappa shape index (κ1) is 26.3. The predicted octanol–water partition coefficient (Wildman–Crippen LogP) is -2.51. The molecule has 8 heteroatoms. The predicted molar refractivity (Wildman–Crippen MR) is 89.5 cm³/mol. The van der Waals surface area contributed by atoms with Crippen molar-refractivity contribution < 1.29 is 64.3 Å². The van der Waals surface area contributed by atoms with Crippen molar-refractivity contribution >= 4 is 5.97 Å². The molecule has 0 spiro atoms. The fourth-order valence-corrected chi connectivity index (χ4v) is 2.97. The van der Waals surface area contributed by atoms with Crippen LogP contribution >= 0.6 is 0 Å². The number of carbonyl (C=O) groups excluding carboxylic acids is 1. The van der Waals surface area contributed by atoms with Crippen LogP contribution in [0, 0.1) is 0 Å². The Bertz CT molecular complexity index is 369. The summed E-state index contributed by atoms with van der Waals surface area (Å²) < 4.78 is 10.3. The number of aliphatic hydroxyl groups excluding tert-OH is 3. The van der Waals surface area contributed by atoms with Gasteiger partial charge in [0.15, 0.2) is 6.29 Å². The molecule has 0 aromatic carbocycles. The van der Waals surface area contributed by atoms with E-state index in [0.717, 1.165) is 19.3 Å². The van der Waals surface area contributed by atoms with Crippen molar-refractivity contribution in [1.29, 1.82) is 0 Å². The Kier molecular flexibility index (Phi) is 15.4. The number of rotatable bonds is 13. The van der Waals surface area contributed by atoms with E-state index in [1.165, 1.54) is 44.9 Å². The number of carboxylic acids is 1. The molecule has 5 atom stereocenters. The Labute approximate surface area is 178 Å². The minimum absolute atomic E-state index is 0. The molecule has 148 valence electrons. The fourth-order valence-electron chi connectivity index (χ4n) is 2.97. The summed E-state index contributed by atoms with van der Waals surface area (Å²) in [5.74, 6) is -1.65. The Hall–Kier alpha value is 0.270. The fraction of sp³-hybridized carbons (Fsp3) is 0.944. The van der Waals surface area contributed by atoms with E-state index in [-0.39, 0.29) is 29.6 Å². The van der Waals surface area contributed by atoms with E-state index >= 15 is 0 Å². The van der Waals surface area contributed by atoms with Gasteiger partial charge in [-0.3, -0.25) is 0 Å². The molecular formula is C18H33NaO7. The number of hydrogen-bond acceptors (Lipinski definition) is 7. The van der Waals surface area contributed by atoms with Crippen LogP contribution in [0.2, 0.25) is 0 Å². The normalized spacial score (nSPS) is 28.5. The summed E-state index contributed by atoms with van der Waals surface area (Å²) in [6.45, 7) is 2.50. The third kappa shape index (κ3) is 9.46. The number of ether oxygens (including phenoxy) is 2. The van der Waals surface area contributed by atoms with Crippen LogP contribution in [0.25, 0.3) is 0 Å². The van der Waals surface area contributed by atoms with Gasteiger partial charge in [-0.25, -0.2) is 0 Å². The van der Waals surface area contributed by atoms with Gasteiger partial charge < -0.3 is 34.7 Å². The van der Waals surface area contributed by atoms with Crippen molar-refractivity contribution in [3.8, 4) is 0 Å². The van der Waals surface area contributed by atoms with Gasteiger partial charge in [-0.15, -0.1) is 0 Å². The first-order valence-corrected chi connectivity index (χ1v) is 9.51. The summed E-state index contributed by atoms with van der Waals surface area (Å²) in [7, 11) is 0. The van der Waals surface area contributed by atoms with Crippen LogP contribution in [0.4, 0.5) is 0 Å². The van der Waals surface area contributed by atoms with E-state index in [2.05, 4.69) is 6.92 Å². The molecule has 0 aliphatic carbocycles. The van der Waals surface area contributed by atoms with Crippen molar-refractivity contribution in [2.45, 2.75) is 102 Å². The minimum Gasteiger partial charge on any atom is -0.547 e. The van der Waals surface area contributed by atoms with Gasteiger partial charge in [-0.2, -0.15) is 0 Å². The maximum absolute atomic E-state index is 10.9. The Morgan fingerprint density at radius 2 is 1.38 bits per heavy atom. The number of carbonyl (C=O) groups is 1. The van der Waals surface area contributed by atoms with Crippen molar-refractivity contribution in [1.82, 2.24) is 0 Å². The van der Waals surface area contributed by atoms with Crippen LogP contribution in [0.5, 0.6) is 0 Å². The molecule has 26 heavy (non-hydrogen) atoms. The number of unbranched alkanes of at least 4 members (excludes halogenated alkanes) is 9. The second-order valence-electron chi connectivity index (χ2n) is 6.77. The number of hydrogen-bond donors (Lipinski definition) is 3. The number of aliphatic hydroxyl groups is 3. The van der Waals surface area contributed by atoms with Crippen molar-refractivity contribution in [3.63, 3.8) is 0 Å². The van der Waals surface area contributed by atoms with Gasteiger partial charge in [0, 0.05) is 6.61 Å². The Morgan fingerprint density at radius 3 is 1.88 bits per heavy atom. The molecule has 0 aromatic rings. The molecule has 7 nitrogen and oxygen atoms in total. The van der Waals surface area contributed by atoms with Gasteiger partial charge in [0.2, 0.25) is 0 Å². The number of aliphatic carboxylic acids is 1. The zero-order valence-electron chi connectivity index (χ0n) is 16.1. The average Bonchev–Trinajstić information content (AvgIpc) is 2.59. The van der Waals surface area contributed by atoms with E-state index in [4.69, 9.17) is 9.47 Å². The number of carboxylic acid groups (broad SMARTS) is 1. The van der Waals surface area contributed by atoms with E-state index in [9.17, 15) is 25.2 Å².